The summed E-state index contributed by atoms with van der Waals surface area (Å²) < 4.78 is 5.01. The van der Waals surface area contributed by atoms with Crippen molar-refractivity contribution in [2.45, 2.75) is 32.6 Å². The third-order valence-electron chi connectivity index (χ3n) is 3.98. The number of carbonyl (C=O) groups excluding carboxylic acids is 1. The zero-order chi connectivity index (χ0) is 16.2. The van der Waals surface area contributed by atoms with Gasteiger partial charge in [-0.25, -0.2) is 4.98 Å². The van der Waals surface area contributed by atoms with E-state index >= 15 is 0 Å². The minimum atomic E-state index is 0. The van der Waals surface area contributed by atoms with Gasteiger partial charge in [0.15, 0.2) is 5.82 Å². The SMILES string of the molecule is Cc1nc(CC2CCCN(C(=O)c3csc(CCN)n3)C2)no1.Cl. The Morgan fingerprint density at radius 3 is 3.04 bits per heavy atom. The summed E-state index contributed by atoms with van der Waals surface area (Å²) in [6.07, 6.45) is 3.54. The normalized spacial score (nSPS) is 17.6. The lowest BCUT2D eigenvalue weighted by atomic mass is 9.94. The van der Waals surface area contributed by atoms with Crippen molar-refractivity contribution in [2.24, 2.45) is 11.7 Å². The molecule has 1 amide bonds. The van der Waals surface area contributed by atoms with E-state index in [1.165, 1.54) is 11.3 Å². The van der Waals surface area contributed by atoms with E-state index in [9.17, 15) is 4.79 Å². The predicted octanol–water partition coefficient (Wildman–Crippen LogP) is 1.85. The van der Waals surface area contributed by atoms with Crippen molar-refractivity contribution in [3.63, 3.8) is 0 Å². The topological polar surface area (TPSA) is 98.1 Å². The highest BCUT2D eigenvalue weighted by Gasteiger charge is 2.27. The number of halogens is 1. The highest BCUT2D eigenvalue weighted by Crippen LogP contribution is 2.22. The summed E-state index contributed by atoms with van der Waals surface area (Å²) in [5.74, 6) is 1.68. The molecule has 0 aliphatic carbocycles. The van der Waals surface area contributed by atoms with Crippen molar-refractivity contribution >= 4 is 29.7 Å². The first-order chi connectivity index (χ1) is 11.2. The number of likely N-dealkylation sites (tertiary alicyclic amines) is 1. The molecule has 3 heterocycles. The van der Waals surface area contributed by atoms with Gasteiger partial charge < -0.3 is 15.2 Å². The number of aromatic nitrogens is 3. The molecule has 1 saturated heterocycles. The van der Waals surface area contributed by atoms with E-state index in [1.807, 2.05) is 10.3 Å². The summed E-state index contributed by atoms with van der Waals surface area (Å²) in [4.78, 5) is 23.1. The average Bonchev–Trinajstić information content (AvgIpc) is 3.17. The summed E-state index contributed by atoms with van der Waals surface area (Å²) in [6.45, 7) is 3.84. The molecule has 9 heteroatoms. The quantitative estimate of drug-likeness (QED) is 0.861. The Bertz CT molecular complexity index is 674. The molecule has 0 saturated carbocycles. The molecule has 2 aromatic heterocycles. The maximum atomic E-state index is 12.6. The molecule has 1 aliphatic heterocycles. The fraction of sp³-hybridized carbons (Fsp3) is 0.600. The van der Waals surface area contributed by atoms with E-state index < -0.39 is 0 Å². The molecule has 0 spiro atoms. The summed E-state index contributed by atoms with van der Waals surface area (Å²) in [6, 6.07) is 0. The van der Waals surface area contributed by atoms with Crippen molar-refractivity contribution in [3.8, 4) is 0 Å². The maximum Gasteiger partial charge on any atom is 0.273 e. The molecule has 0 radical (unpaired) electrons. The molecule has 1 aliphatic rings. The molecule has 24 heavy (non-hydrogen) atoms. The van der Waals surface area contributed by atoms with Gasteiger partial charge in [0, 0.05) is 38.2 Å². The molecule has 7 nitrogen and oxygen atoms in total. The Morgan fingerprint density at radius 2 is 2.33 bits per heavy atom. The number of hydrogen-bond acceptors (Lipinski definition) is 7. The second-order valence-electron chi connectivity index (χ2n) is 5.86. The number of rotatable bonds is 5. The van der Waals surface area contributed by atoms with E-state index in [0.717, 1.165) is 49.6 Å². The summed E-state index contributed by atoms with van der Waals surface area (Å²) >= 11 is 1.50. The molecule has 2 aromatic rings. The van der Waals surface area contributed by atoms with Crippen molar-refractivity contribution < 1.29 is 9.32 Å². The van der Waals surface area contributed by atoms with Crippen LogP contribution < -0.4 is 5.73 Å². The molecular formula is C15H22ClN5O2S. The van der Waals surface area contributed by atoms with Crippen LogP contribution in [0.15, 0.2) is 9.90 Å². The first-order valence-electron chi connectivity index (χ1n) is 7.88. The monoisotopic (exact) mass is 371 g/mol. The van der Waals surface area contributed by atoms with Crippen LogP contribution in [0.4, 0.5) is 0 Å². The Balaban J connectivity index is 0.00000208. The van der Waals surface area contributed by atoms with Crippen LogP contribution >= 0.6 is 23.7 Å². The van der Waals surface area contributed by atoms with Gasteiger partial charge in [-0.2, -0.15) is 4.98 Å². The first kappa shape index (κ1) is 18.8. The molecule has 2 N–H and O–H groups in total. The number of hydrogen-bond donors (Lipinski definition) is 1. The molecule has 1 fully saturated rings. The van der Waals surface area contributed by atoms with Crippen LogP contribution in [0.5, 0.6) is 0 Å². The van der Waals surface area contributed by atoms with Crippen molar-refractivity contribution in [1.82, 2.24) is 20.0 Å². The minimum absolute atomic E-state index is 0. The molecule has 1 unspecified atom stereocenters. The average molecular weight is 372 g/mol. The van der Waals surface area contributed by atoms with Crippen molar-refractivity contribution in [3.05, 3.63) is 27.8 Å². The van der Waals surface area contributed by atoms with Gasteiger partial charge in [-0.05, 0) is 25.3 Å². The van der Waals surface area contributed by atoms with E-state index in [0.29, 0.717) is 24.0 Å². The van der Waals surface area contributed by atoms with E-state index in [-0.39, 0.29) is 18.3 Å². The molecule has 132 valence electrons. The first-order valence-corrected chi connectivity index (χ1v) is 8.76. The van der Waals surface area contributed by atoms with Gasteiger partial charge in [-0.1, -0.05) is 5.16 Å². The molecule has 0 aromatic carbocycles. The molecule has 0 bridgehead atoms. The van der Waals surface area contributed by atoms with Gasteiger partial charge in [0.1, 0.15) is 5.69 Å². The Labute approximate surface area is 151 Å². The van der Waals surface area contributed by atoms with Crippen molar-refractivity contribution in [2.75, 3.05) is 19.6 Å². The number of carbonyl (C=O) groups is 1. The Morgan fingerprint density at radius 1 is 1.50 bits per heavy atom. The number of nitrogens with two attached hydrogens (primary N) is 1. The number of amides is 1. The fourth-order valence-corrected chi connectivity index (χ4v) is 3.70. The van der Waals surface area contributed by atoms with E-state index in [2.05, 4.69) is 15.1 Å². The van der Waals surface area contributed by atoms with Crippen LogP contribution in [0.1, 0.15) is 40.1 Å². The zero-order valence-corrected chi connectivity index (χ0v) is 15.2. The number of piperidine rings is 1. The van der Waals surface area contributed by atoms with Gasteiger partial charge in [-0.3, -0.25) is 4.79 Å². The van der Waals surface area contributed by atoms with Gasteiger partial charge >= 0.3 is 0 Å². The van der Waals surface area contributed by atoms with E-state index in [4.69, 9.17) is 10.3 Å². The highest BCUT2D eigenvalue weighted by atomic mass is 35.5. The van der Waals surface area contributed by atoms with Gasteiger partial charge in [0.25, 0.3) is 5.91 Å². The van der Waals surface area contributed by atoms with E-state index in [1.54, 1.807) is 6.92 Å². The van der Waals surface area contributed by atoms with Gasteiger partial charge in [0.2, 0.25) is 5.89 Å². The Hall–Kier alpha value is -1.51. The maximum absolute atomic E-state index is 12.6. The lowest BCUT2D eigenvalue weighted by Crippen LogP contribution is -2.40. The largest absolute Gasteiger partial charge is 0.340 e. The summed E-state index contributed by atoms with van der Waals surface area (Å²) in [5, 5.41) is 6.71. The van der Waals surface area contributed by atoms with Crippen LogP contribution in [0.25, 0.3) is 0 Å². The summed E-state index contributed by atoms with van der Waals surface area (Å²) in [5.41, 5.74) is 6.07. The minimum Gasteiger partial charge on any atom is -0.340 e. The number of aryl methyl sites for hydroxylation is 1. The zero-order valence-electron chi connectivity index (χ0n) is 13.6. The fourth-order valence-electron chi connectivity index (χ4n) is 2.91. The summed E-state index contributed by atoms with van der Waals surface area (Å²) in [7, 11) is 0. The number of thiazole rings is 1. The van der Waals surface area contributed by atoms with Crippen LogP contribution in [0.2, 0.25) is 0 Å². The van der Waals surface area contributed by atoms with Gasteiger partial charge in [0.05, 0.1) is 5.01 Å². The smallest absolute Gasteiger partial charge is 0.273 e. The lowest BCUT2D eigenvalue weighted by molar-refractivity contribution is 0.0666. The highest BCUT2D eigenvalue weighted by molar-refractivity contribution is 7.09. The van der Waals surface area contributed by atoms with Crippen LogP contribution in [0.3, 0.4) is 0 Å². The second kappa shape index (κ2) is 8.55. The molecule has 3 rings (SSSR count). The second-order valence-corrected chi connectivity index (χ2v) is 6.80. The third-order valence-corrected chi connectivity index (χ3v) is 4.88. The Kier molecular flexibility index (Phi) is 6.70. The molecular weight excluding hydrogens is 350 g/mol. The van der Waals surface area contributed by atoms with Crippen LogP contribution in [-0.2, 0) is 12.8 Å². The van der Waals surface area contributed by atoms with Gasteiger partial charge in [-0.15, -0.1) is 23.7 Å². The predicted molar refractivity (Wildman–Crippen MR) is 93.5 cm³/mol. The van der Waals surface area contributed by atoms with Crippen molar-refractivity contribution in [1.29, 1.82) is 0 Å². The van der Waals surface area contributed by atoms with Crippen LogP contribution in [0, 0.1) is 12.8 Å². The molecule has 1 atom stereocenters. The standard InChI is InChI=1S/C15H21N5O2S.ClH/c1-10-17-13(19-22-10)7-11-3-2-6-20(8-11)15(21)12-9-23-14(18-12)4-5-16;/h9,11H,2-8,16H2,1H3;1H. The van der Waals surface area contributed by atoms with Crippen LogP contribution in [-0.4, -0.2) is 45.6 Å². The third kappa shape index (κ3) is 4.52. The number of nitrogens with zero attached hydrogens (tertiary/aromatic N) is 4. The lowest BCUT2D eigenvalue weighted by Gasteiger charge is -2.31.